The SMILES string of the molecule is CCCCCCCCCCCCC/C=C/CC/C=C/CC/C=C/C(O)C(COP(=O)([O-])OCC[N+](C)(C)C)NC(=O)CCCCCCCCCCCCCCCCCCCCCC. The summed E-state index contributed by atoms with van der Waals surface area (Å²) in [6.45, 7) is 4.65. The molecule has 0 heterocycles. The first-order valence-corrected chi connectivity index (χ1v) is 28.3. The van der Waals surface area contributed by atoms with Crippen molar-refractivity contribution < 1.29 is 32.9 Å². The van der Waals surface area contributed by atoms with E-state index < -0.39 is 26.6 Å². The second kappa shape index (κ2) is 45.9. The van der Waals surface area contributed by atoms with Crippen LogP contribution < -0.4 is 10.2 Å². The zero-order valence-electron chi connectivity index (χ0n) is 42.3. The van der Waals surface area contributed by atoms with Crippen LogP contribution in [0.1, 0.15) is 251 Å². The number of unbranched alkanes of at least 4 members (excludes halogenated alkanes) is 32. The highest BCUT2D eigenvalue weighted by Crippen LogP contribution is 2.38. The third-order valence-electron chi connectivity index (χ3n) is 12.1. The van der Waals surface area contributed by atoms with E-state index in [1.165, 1.54) is 186 Å². The van der Waals surface area contributed by atoms with Gasteiger partial charge in [0.15, 0.2) is 0 Å². The fraction of sp³-hybridized carbons (Fsp3) is 0.870. The van der Waals surface area contributed by atoms with Gasteiger partial charge in [-0.25, -0.2) is 0 Å². The number of amides is 1. The summed E-state index contributed by atoms with van der Waals surface area (Å²) in [7, 11) is 1.24. The number of hydrogen-bond acceptors (Lipinski definition) is 6. The lowest BCUT2D eigenvalue weighted by atomic mass is 10.0. The highest BCUT2D eigenvalue weighted by molar-refractivity contribution is 7.45. The van der Waals surface area contributed by atoms with Crippen molar-refractivity contribution >= 4 is 13.7 Å². The van der Waals surface area contributed by atoms with Gasteiger partial charge in [-0.1, -0.05) is 237 Å². The standard InChI is InChI=1S/C54H105N2O6P/c1-6-8-10-12-14-16-18-20-22-24-26-28-29-31-33-35-37-39-41-43-45-47-53(57)52(51-62-63(59,60)61-50-49-56(3,4)5)55-54(58)48-46-44-42-40-38-36-34-32-30-27-25-23-21-19-17-15-13-11-9-7-2/h29,31,37,39,45,47,52-53,57H,6-28,30,32-36,38,40-44,46,48-51H2,1-5H3,(H-,55,58,59,60)/b31-29+,39-37+,47-45+. The molecule has 3 atom stereocenters. The van der Waals surface area contributed by atoms with Gasteiger partial charge in [0.1, 0.15) is 13.2 Å². The smallest absolute Gasteiger partial charge is 0.268 e. The van der Waals surface area contributed by atoms with Crippen molar-refractivity contribution in [2.75, 3.05) is 40.9 Å². The molecule has 0 radical (unpaired) electrons. The van der Waals surface area contributed by atoms with E-state index in [0.717, 1.165) is 44.9 Å². The van der Waals surface area contributed by atoms with Crippen LogP contribution in [0.5, 0.6) is 0 Å². The van der Waals surface area contributed by atoms with Crippen LogP contribution in [0, 0.1) is 0 Å². The van der Waals surface area contributed by atoms with E-state index in [0.29, 0.717) is 17.4 Å². The zero-order valence-corrected chi connectivity index (χ0v) is 43.2. The summed E-state index contributed by atoms with van der Waals surface area (Å²) in [6, 6.07) is -0.907. The van der Waals surface area contributed by atoms with Crippen LogP contribution in [-0.2, 0) is 18.4 Å². The lowest BCUT2D eigenvalue weighted by Crippen LogP contribution is -2.45. The monoisotopic (exact) mass is 909 g/mol. The van der Waals surface area contributed by atoms with Gasteiger partial charge in [-0.3, -0.25) is 9.36 Å². The first kappa shape index (κ1) is 61.7. The lowest BCUT2D eigenvalue weighted by Gasteiger charge is -2.29. The number of aliphatic hydroxyl groups is 1. The minimum Gasteiger partial charge on any atom is -0.756 e. The second-order valence-electron chi connectivity index (χ2n) is 19.6. The topological polar surface area (TPSA) is 108 Å². The minimum atomic E-state index is -4.60. The molecule has 1 amide bonds. The first-order valence-electron chi connectivity index (χ1n) is 26.9. The molecule has 3 unspecified atom stereocenters. The second-order valence-corrected chi connectivity index (χ2v) is 21.0. The maximum absolute atomic E-state index is 12.9. The molecule has 2 N–H and O–H groups in total. The Morgan fingerprint density at radius 3 is 1.29 bits per heavy atom. The summed E-state index contributed by atoms with van der Waals surface area (Å²) in [5, 5.41) is 13.8. The molecule has 0 fully saturated rings. The average molecular weight is 909 g/mol. The summed E-state index contributed by atoms with van der Waals surface area (Å²) >= 11 is 0. The molecule has 0 aromatic rings. The van der Waals surface area contributed by atoms with E-state index in [1.54, 1.807) is 6.08 Å². The largest absolute Gasteiger partial charge is 0.756 e. The summed E-state index contributed by atoms with van der Waals surface area (Å²) in [5.41, 5.74) is 0. The Labute approximate surface area is 391 Å². The van der Waals surface area contributed by atoms with Crippen molar-refractivity contribution in [3.63, 3.8) is 0 Å². The van der Waals surface area contributed by atoms with Crippen molar-refractivity contribution in [2.45, 2.75) is 264 Å². The van der Waals surface area contributed by atoms with Crippen molar-refractivity contribution in [1.29, 1.82) is 0 Å². The summed E-state index contributed by atoms with van der Waals surface area (Å²) in [4.78, 5) is 25.4. The number of nitrogens with zero attached hydrogens (tertiary/aromatic N) is 1. The molecule has 0 aliphatic carbocycles. The van der Waals surface area contributed by atoms with Crippen LogP contribution in [-0.4, -0.2) is 68.5 Å². The Morgan fingerprint density at radius 1 is 0.540 bits per heavy atom. The lowest BCUT2D eigenvalue weighted by molar-refractivity contribution is -0.870. The Bertz CT molecular complexity index is 1120. The highest BCUT2D eigenvalue weighted by atomic mass is 31.2. The fourth-order valence-electron chi connectivity index (χ4n) is 7.83. The number of hydrogen-bond donors (Lipinski definition) is 2. The number of allylic oxidation sites excluding steroid dienone is 5. The molecular weight excluding hydrogens is 804 g/mol. The van der Waals surface area contributed by atoms with Crippen LogP contribution in [0.3, 0.4) is 0 Å². The van der Waals surface area contributed by atoms with Crippen LogP contribution in [0.2, 0.25) is 0 Å². The molecule has 0 rings (SSSR count). The average Bonchev–Trinajstić information content (AvgIpc) is 3.24. The van der Waals surface area contributed by atoms with Crippen LogP contribution in [0.25, 0.3) is 0 Å². The zero-order chi connectivity index (χ0) is 46.4. The number of likely N-dealkylation sites (N-methyl/N-ethyl adjacent to an activating group) is 1. The van der Waals surface area contributed by atoms with E-state index in [-0.39, 0.29) is 12.5 Å². The highest BCUT2D eigenvalue weighted by Gasteiger charge is 2.23. The van der Waals surface area contributed by atoms with E-state index >= 15 is 0 Å². The first-order chi connectivity index (χ1) is 30.5. The van der Waals surface area contributed by atoms with Crippen LogP contribution in [0.15, 0.2) is 36.5 Å². The molecule has 372 valence electrons. The van der Waals surface area contributed by atoms with Gasteiger partial charge in [0.25, 0.3) is 7.82 Å². The maximum Gasteiger partial charge on any atom is 0.268 e. The molecule has 0 aromatic carbocycles. The number of phosphoric acid groups is 1. The minimum absolute atomic E-state index is 0.00750. The van der Waals surface area contributed by atoms with Gasteiger partial charge in [0, 0.05) is 6.42 Å². The fourth-order valence-corrected chi connectivity index (χ4v) is 8.56. The van der Waals surface area contributed by atoms with Crippen molar-refractivity contribution in [2.24, 2.45) is 0 Å². The molecule has 0 saturated carbocycles. The van der Waals surface area contributed by atoms with E-state index in [1.807, 2.05) is 27.2 Å². The third-order valence-corrected chi connectivity index (χ3v) is 13.0. The summed E-state index contributed by atoms with van der Waals surface area (Å²) in [5.74, 6) is -0.207. The molecule has 0 spiro atoms. The number of phosphoric ester groups is 1. The predicted molar refractivity (Wildman–Crippen MR) is 270 cm³/mol. The quantitative estimate of drug-likeness (QED) is 0.0272. The molecule has 0 aliphatic heterocycles. The Hall–Kier alpha value is -1.28. The normalized spacial score (nSPS) is 14.3. The molecule has 0 bridgehead atoms. The Morgan fingerprint density at radius 2 is 0.889 bits per heavy atom. The number of carbonyl (C=O) groups excluding carboxylic acids is 1. The Kier molecular flexibility index (Phi) is 44.9. The van der Waals surface area contributed by atoms with Gasteiger partial charge in [-0.15, -0.1) is 0 Å². The van der Waals surface area contributed by atoms with Gasteiger partial charge in [0.05, 0.1) is 39.9 Å². The van der Waals surface area contributed by atoms with Crippen LogP contribution in [0.4, 0.5) is 0 Å². The van der Waals surface area contributed by atoms with E-state index in [4.69, 9.17) is 9.05 Å². The summed E-state index contributed by atoms with van der Waals surface area (Å²) in [6.07, 6.45) is 57.8. The molecule has 9 heteroatoms. The number of aliphatic hydroxyl groups excluding tert-OH is 1. The van der Waals surface area contributed by atoms with Crippen molar-refractivity contribution in [1.82, 2.24) is 5.32 Å². The summed E-state index contributed by atoms with van der Waals surface area (Å²) < 4.78 is 23.3. The predicted octanol–water partition coefficient (Wildman–Crippen LogP) is 15.2. The number of carbonyl (C=O) groups is 1. The number of rotatable bonds is 49. The van der Waals surface area contributed by atoms with E-state index in [2.05, 4.69) is 43.5 Å². The van der Waals surface area contributed by atoms with Gasteiger partial charge < -0.3 is 28.8 Å². The molecular formula is C54H105N2O6P. The molecule has 0 aromatic heterocycles. The van der Waals surface area contributed by atoms with E-state index in [9.17, 15) is 19.4 Å². The molecule has 8 nitrogen and oxygen atoms in total. The third kappa shape index (κ3) is 48.5. The van der Waals surface area contributed by atoms with Crippen molar-refractivity contribution in [3.8, 4) is 0 Å². The Balaban J connectivity index is 4.33. The van der Waals surface area contributed by atoms with Crippen LogP contribution >= 0.6 is 7.82 Å². The number of quaternary nitrogens is 1. The molecule has 63 heavy (non-hydrogen) atoms. The molecule has 0 aliphatic rings. The molecule has 0 saturated heterocycles. The van der Waals surface area contributed by atoms with Gasteiger partial charge in [-0.05, 0) is 44.9 Å². The van der Waals surface area contributed by atoms with Crippen molar-refractivity contribution in [3.05, 3.63) is 36.5 Å². The van der Waals surface area contributed by atoms with Gasteiger partial charge in [0.2, 0.25) is 5.91 Å². The number of nitrogens with one attached hydrogen (secondary N) is 1. The van der Waals surface area contributed by atoms with Gasteiger partial charge in [-0.2, -0.15) is 0 Å². The van der Waals surface area contributed by atoms with Gasteiger partial charge >= 0.3 is 0 Å². The maximum atomic E-state index is 12.9.